The molecular weight excluding hydrogens is 492 g/mol. The quantitative estimate of drug-likeness (QED) is 0.293. The van der Waals surface area contributed by atoms with Crippen LogP contribution >= 0.6 is 0 Å². The van der Waals surface area contributed by atoms with E-state index < -0.39 is 16.0 Å². The third-order valence-corrected chi connectivity index (χ3v) is 7.08. The molecule has 0 radical (unpaired) electrons. The Morgan fingerprint density at radius 2 is 1.70 bits per heavy atom. The Labute approximate surface area is 216 Å². The number of anilines is 3. The highest BCUT2D eigenvalue weighted by molar-refractivity contribution is 7.92. The van der Waals surface area contributed by atoms with E-state index >= 15 is 0 Å². The molecule has 37 heavy (non-hydrogen) atoms. The van der Waals surface area contributed by atoms with Crippen molar-refractivity contribution in [2.45, 2.75) is 0 Å². The number of ether oxygens (including phenoxy) is 1. The summed E-state index contributed by atoms with van der Waals surface area (Å²) in [6.07, 6.45) is 1.18. The first-order valence-electron chi connectivity index (χ1n) is 11.6. The normalized spacial score (nSPS) is 14.0. The Morgan fingerprint density at radius 3 is 2.32 bits per heavy atom. The van der Waals surface area contributed by atoms with E-state index in [9.17, 15) is 18.0 Å². The smallest absolute Gasteiger partial charge is 0.337 e. The molecular formula is C27H28N4O5S. The molecule has 0 atom stereocenters. The van der Waals surface area contributed by atoms with Gasteiger partial charge < -0.3 is 20.7 Å². The molecule has 1 heterocycles. The fourth-order valence-corrected chi connectivity index (χ4v) is 5.03. The molecule has 0 unspecified atom stereocenters. The molecule has 0 aromatic heterocycles. The largest absolute Gasteiger partial charge is 0.465 e. The Morgan fingerprint density at radius 1 is 1.00 bits per heavy atom. The Balaban J connectivity index is 1.75. The van der Waals surface area contributed by atoms with Gasteiger partial charge in [-0.2, -0.15) is 0 Å². The van der Waals surface area contributed by atoms with Crippen LogP contribution in [0.1, 0.15) is 21.5 Å². The zero-order valence-electron chi connectivity index (χ0n) is 20.7. The number of hydrogen-bond donors (Lipinski definition) is 3. The van der Waals surface area contributed by atoms with E-state index in [1.165, 1.54) is 17.7 Å². The number of nitrogens with one attached hydrogen (secondary N) is 3. The van der Waals surface area contributed by atoms with Crippen LogP contribution in [0.3, 0.4) is 0 Å². The second kappa shape index (κ2) is 10.9. The van der Waals surface area contributed by atoms with Gasteiger partial charge in [-0.25, -0.2) is 13.2 Å². The molecule has 10 heteroatoms. The lowest BCUT2D eigenvalue weighted by Crippen LogP contribution is -2.35. The van der Waals surface area contributed by atoms with E-state index in [-0.39, 0.29) is 5.91 Å². The summed E-state index contributed by atoms with van der Waals surface area (Å²) in [6.45, 7) is 0.801. The fraction of sp³-hybridized carbons (Fsp3) is 0.185. The number of nitrogens with zero attached hydrogens (tertiary/aromatic N) is 1. The Bertz CT molecular complexity index is 1450. The number of rotatable bonds is 9. The topological polar surface area (TPSA) is 117 Å². The molecule has 1 aliphatic heterocycles. The highest BCUT2D eigenvalue weighted by atomic mass is 32.2. The van der Waals surface area contributed by atoms with Crippen LogP contribution in [0.4, 0.5) is 17.1 Å². The van der Waals surface area contributed by atoms with E-state index in [4.69, 9.17) is 4.74 Å². The molecule has 0 aliphatic carbocycles. The molecule has 9 nitrogen and oxygen atoms in total. The first kappa shape index (κ1) is 25.9. The summed E-state index contributed by atoms with van der Waals surface area (Å²) < 4.78 is 30.7. The number of likely N-dealkylation sites (N-methyl/N-ethyl adjacent to an activating group) is 1. The third-order valence-electron chi connectivity index (χ3n) is 5.89. The zero-order valence-corrected chi connectivity index (χ0v) is 21.6. The van der Waals surface area contributed by atoms with Crippen molar-refractivity contribution in [3.8, 4) is 0 Å². The number of carbonyl (C=O) groups is 2. The minimum Gasteiger partial charge on any atom is -0.465 e. The van der Waals surface area contributed by atoms with E-state index in [0.29, 0.717) is 52.5 Å². The van der Waals surface area contributed by atoms with Crippen molar-refractivity contribution >= 4 is 50.2 Å². The molecule has 1 amide bonds. The molecule has 192 valence electrons. The standard InChI is InChI=1S/C27H28N4O5S/c1-28-15-16-31(37(3,34)35)21-12-10-20(11-13-21)29-25(18-7-5-4-6-8-18)24-22-14-9-19(27(33)36-2)17-23(22)30-26(24)32/h4-14,17,28-29H,15-16H2,1-3H3,(H,30,32). The van der Waals surface area contributed by atoms with Gasteiger partial charge in [-0.1, -0.05) is 36.4 Å². The van der Waals surface area contributed by atoms with Gasteiger partial charge >= 0.3 is 5.97 Å². The molecule has 3 N–H and O–H groups in total. The number of hydrogen-bond acceptors (Lipinski definition) is 7. The van der Waals surface area contributed by atoms with Crippen LogP contribution in [0.25, 0.3) is 11.3 Å². The van der Waals surface area contributed by atoms with Crippen molar-refractivity contribution in [1.29, 1.82) is 0 Å². The highest BCUT2D eigenvalue weighted by Gasteiger charge is 2.29. The molecule has 3 aromatic carbocycles. The van der Waals surface area contributed by atoms with Crippen LogP contribution in [0.2, 0.25) is 0 Å². The highest BCUT2D eigenvalue weighted by Crippen LogP contribution is 2.38. The second-order valence-electron chi connectivity index (χ2n) is 8.43. The first-order valence-corrected chi connectivity index (χ1v) is 13.4. The van der Waals surface area contributed by atoms with Crippen molar-refractivity contribution in [3.05, 3.63) is 89.5 Å². The van der Waals surface area contributed by atoms with Gasteiger partial charge in [-0.15, -0.1) is 0 Å². The predicted molar refractivity (Wildman–Crippen MR) is 146 cm³/mol. The summed E-state index contributed by atoms with van der Waals surface area (Å²) in [5.41, 5.74) is 4.49. The van der Waals surface area contributed by atoms with Crippen molar-refractivity contribution in [2.24, 2.45) is 0 Å². The van der Waals surface area contributed by atoms with Gasteiger partial charge in [0.05, 0.1) is 41.6 Å². The summed E-state index contributed by atoms with van der Waals surface area (Å²) in [6, 6.07) is 21.3. The van der Waals surface area contributed by atoms with E-state index in [0.717, 1.165) is 5.56 Å². The molecule has 0 saturated heterocycles. The number of fused-ring (bicyclic) bond motifs is 1. The minimum absolute atomic E-state index is 0.298. The molecule has 1 aliphatic rings. The van der Waals surface area contributed by atoms with Crippen LogP contribution in [-0.4, -0.2) is 53.8 Å². The average molecular weight is 521 g/mol. The number of sulfonamides is 1. The average Bonchev–Trinajstić information content (AvgIpc) is 3.22. The maximum Gasteiger partial charge on any atom is 0.337 e. The van der Waals surface area contributed by atoms with Gasteiger partial charge in [0.1, 0.15) is 0 Å². The van der Waals surface area contributed by atoms with Crippen LogP contribution in [-0.2, 0) is 19.6 Å². The van der Waals surface area contributed by atoms with Crippen molar-refractivity contribution in [3.63, 3.8) is 0 Å². The van der Waals surface area contributed by atoms with Crippen LogP contribution in [0.5, 0.6) is 0 Å². The van der Waals surface area contributed by atoms with Gasteiger partial charge in [0.25, 0.3) is 5.91 Å². The van der Waals surface area contributed by atoms with E-state index in [1.807, 2.05) is 30.3 Å². The molecule has 3 aromatic rings. The number of benzene rings is 3. The van der Waals surface area contributed by atoms with Crippen molar-refractivity contribution in [1.82, 2.24) is 5.32 Å². The summed E-state index contributed by atoms with van der Waals surface area (Å²) in [5.74, 6) is -0.802. The minimum atomic E-state index is -3.46. The second-order valence-corrected chi connectivity index (χ2v) is 10.3. The van der Waals surface area contributed by atoms with E-state index in [2.05, 4.69) is 16.0 Å². The van der Waals surface area contributed by atoms with Crippen molar-refractivity contribution in [2.75, 3.05) is 48.4 Å². The SMILES string of the molecule is CNCCN(c1ccc(NC(=C2C(=O)Nc3cc(C(=O)OC)ccc32)c2ccccc2)cc1)S(C)(=O)=O. The zero-order chi connectivity index (χ0) is 26.6. The van der Waals surface area contributed by atoms with Crippen LogP contribution in [0.15, 0.2) is 72.8 Å². The molecule has 0 saturated carbocycles. The van der Waals surface area contributed by atoms with Gasteiger partial charge in [-0.05, 0) is 49.0 Å². The van der Waals surface area contributed by atoms with E-state index in [1.54, 1.807) is 49.5 Å². The Kier molecular flexibility index (Phi) is 7.61. The van der Waals surface area contributed by atoms with Gasteiger partial charge in [0.2, 0.25) is 10.0 Å². The van der Waals surface area contributed by atoms with Crippen LogP contribution < -0.4 is 20.3 Å². The summed E-state index contributed by atoms with van der Waals surface area (Å²) in [4.78, 5) is 25.1. The molecule has 4 rings (SSSR count). The number of methoxy groups -OCH3 is 1. The van der Waals surface area contributed by atoms with Crippen molar-refractivity contribution < 1.29 is 22.7 Å². The van der Waals surface area contributed by atoms with Gasteiger partial charge in [0.15, 0.2) is 0 Å². The molecule has 0 spiro atoms. The summed E-state index contributed by atoms with van der Waals surface area (Å²) in [7, 11) is -0.390. The number of amides is 1. The predicted octanol–water partition coefficient (Wildman–Crippen LogP) is 3.39. The fourth-order valence-electron chi connectivity index (χ4n) is 4.10. The maximum absolute atomic E-state index is 13.1. The Hall–Kier alpha value is -4.15. The lowest BCUT2D eigenvalue weighted by molar-refractivity contribution is -0.110. The lowest BCUT2D eigenvalue weighted by Gasteiger charge is -2.23. The maximum atomic E-state index is 13.1. The first-order chi connectivity index (χ1) is 17.7. The summed E-state index contributed by atoms with van der Waals surface area (Å²) >= 11 is 0. The summed E-state index contributed by atoms with van der Waals surface area (Å²) in [5, 5.41) is 9.16. The molecule has 0 fully saturated rings. The number of carbonyl (C=O) groups excluding carboxylic acids is 2. The van der Waals surface area contributed by atoms with Gasteiger partial charge in [-0.3, -0.25) is 9.10 Å². The molecule has 0 bridgehead atoms. The third kappa shape index (κ3) is 5.65. The van der Waals surface area contributed by atoms with Gasteiger partial charge in [0, 0.05) is 24.3 Å². The monoisotopic (exact) mass is 520 g/mol. The number of esters is 1. The van der Waals surface area contributed by atoms with Crippen LogP contribution in [0, 0.1) is 0 Å². The lowest BCUT2D eigenvalue weighted by atomic mass is 9.99.